The molecule has 1 heterocycles. The average Bonchev–Trinajstić information content (AvgIpc) is 2.97. The van der Waals surface area contributed by atoms with E-state index in [0.717, 1.165) is 22.1 Å². The largest absolute Gasteiger partial charge is 0.493 e. The molecule has 2 aromatic carbocycles. The SMILES string of the molecule is CC[C@@H](C)Oc1c(Br)cc(/C=C2/SC(=S)N(c3ccccc3)C2=O)cc1OC. The number of ether oxygens (including phenoxy) is 2. The number of hydrogen-bond donors (Lipinski definition) is 0. The fourth-order valence-electron chi connectivity index (χ4n) is 2.64. The predicted molar refractivity (Wildman–Crippen MR) is 123 cm³/mol. The van der Waals surface area contributed by atoms with Crippen molar-refractivity contribution >= 4 is 61.9 Å². The number of carbonyl (C=O) groups is 1. The standard InChI is InChI=1S/C21H20BrNO3S2/c1-4-13(2)26-19-16(22)10-14(11-17(19)25-3)12-18-20(24)23(21(27)28-18)15-8-6-5-7-9-15/h5-13H,4H2,1-3H3/b18-12+/t13-/m1/s1. The number of hydrogen-bond acceptors (Lipinski definition) is 5. The molecule has 0 radical (unpaired) electrons. The number of carbonyl (C=O) groups excluding carboxylic acids is 1. The number of halogens is 1. The fourth-order valence-corrected chi connectivity index (χ4v) is 4.49. The van der Waals surface area contributed by atoms with Gasteiger partial charge in [0.2, 0.25) is 0 Å². The maximum Gasteiger partial charge on any atom is 0.270 e. The van der Waals surface area contributed by atoms with Gasteiger partial charge in [-0.1, -0.05) is 49.1 Å². The van der Waals surface area contributed by atoms with E-state index < -0.39 is 0 Å². The van der Waals surface area contributed by atoms with Crippen LogP contribution in [0.3, 0.4) is 0 Å². The smallest absolute Gasteiger partial charge is 0.270 e. The van der Waals surface area contributed by atoms with Crippen LogP contribution in [0, 0.1) is 0 Å². The molecular weight excluding hydrogens is 458 g/mol. The van der Waals surface area contributed by atoms with Gasteiger partial charge in [-0.2, -0.15) is 0 Å². The Balaban J connectivity index is 1.92. The van der Waals surface area contributed by atoms with E-state index in [1.165, 1.54) is 11.8 Å². The lowest BCUT2D eigenvalue weighted by molar-refractivity contribution is -0.113. The Morgan fingerprint density at radius 2 is 2.00 bits per heavy atom. The van der Waals surface area contributed by atoms with Crippen LogP contribution in [-0.2, 0) is 4.79 Å². The van der Waals surface area contributed by atoms with Crippen LogP contribution in [0.4, 0.5) is 5.69 Å². The highest BCUT2D eigenvalue weighted by atomic mass is 79.9. The number of thiocarbonyl (C=S) groups is 1. The van der Waals surface area contributed by atoms with Gasteiger partial charge in [0, 0.05) is 0 Å². The number of benzene rings is 2. The molecule has 1 fully saturated rings. The van der Waals surface area contributed by atoms with Crippen LogP contribution in [0.2, 0.25) is 0 Å². The molecule has 0 spiro atoms. The van der Waals surface area contributed by atoms with E-state index in [9.17, 15) is 4.79 Å². The summed E-state index contributed by atoms with van der Waals surface area (Å²) in [6.45, 7) is 4.07. The van der Waals surface area contributed by atoms with Crippen molar-refractivity contribution in [2.45, 2.75) is 26.4 Å². The third-order valence-electron chi connectivity index (χ3n) is 4.25. The van der Waals surface area contributed by atoms with E-state index in [0.29, 0.717) is 20.7 Å². The minimum Gasteiger partial charge on any atom is -0.493 e. The van der Waals surface area contributed by atoms with E-state index in [4.69, 9.17) is 21.7 Å². The molecule has 7 heteroatoms. The second-order valence-electron chi connectivity index (χ2n) is 6.22. The van der Waals surface area contributed by atoms with Gasteiger partial charge in [0.1, 0.15) is 0 Å². The van der Waals surface area contributed by atoms with Crippen LogP contribution < -0.4 is 14.4 Å². The van der Waals surface area contributed by atoms with E-state index >= 15 is 0 Å². The maximum atomic E-state index is 12.9. The lowest BCUT2D eigenvalue weighted by Gasteiger charge is -2.17. The summed E-state index contributed by atoms with van der Waals surface area (Å²) in [6, 6.07) is 13.2. The molecule has 0 unspecified atom stereocenters. The van der Waals surface area contributed by atoms with Crippen molar-refractivity contribution in [3.8, 4) is 11.5 Å². The Morgan fingerprint density at radius 3 is 2.64 bits per heavy atom. The van der Waals surface area contributed by atoms with Crippen LogP contribution in [0.15, 0.2) is 51.8 Å². The molecule has 0 aliphatic carbocycles. The minimum atomic E-state index is -0.128. The summed E-state index contributed by atoms with van der Waals surface area (Å²) in [4.78, 5) is 15.0. The van der Waals surface area contributed by atoms with Crippen LogP contribution in [-0.4, -0.2) is 23.4 Å². The number of methoxy groups -OCH3 is 1. The number of para-hydroxylation sites is 1. The zero-order chi connectivity index (χ0) is 20.3. The molecule has 0 N–H and O–H groups in total. The first-order chi connectivity index (χ1) is 13.4. The van der Waals surface area contributed by atoms with Gasteiger partial charge in [0.15, 0.2) is 15.8 Å². The van der Waals surface area contributed by atoms with Crippen molar-refractivity contribution in [2.75, 3.05) is 12.0 Å². The number of anilines is 1. The van der Waals surface area contributed by atoms with Crippen LogP contribution in [0.1, 0.15) is 25.8 Å². The second-order valence-corrected chi connectivity index (χ2v) is 8.75. The van der Waals surface area contributed by atoms with Crippen molar-refractivity contribution in [2.24, 2.45) is 0 Å². The Hall–Kier alpha value is -1.83. The molecule has 1 aliphatic rings. The molecule has 1 amide bonds. The van der Waals surface area contributed by atoms with E-state index in [2.05, 4.69) is 22.9 Å². The molecule has 0 bridgehead atoms. The molecule has 0 saturated carbocycles. The molecule has 1 aliphatic heterocycles. The molecule has 1 atom stereocenters. The highest BCUT2D eigenvalue weighted by Crippen LogP contribution is 2.40. The molecule has 4 nitrogen and oxygen atoms in total. The Kier molecular flexibility index (Phi) is 6.80. The lowest BCUT2D eigenvalue weighted by Crippen LogP contribution is -2.27. The number of nitrogens with zero attached hydrogens (tertiary/aromatic N) is 1. The molecule has 1 saturated heterocycles. The quantitative estimate of drug-likeness (QED) is 0.374. The molecule has 28 heavy (non-hydrogen) atoms. The normalized spacial score (nSPS) is 16.6. The fraction of sp³-hybridized carbons (Fsp3) is 0.238. The number of thioether (sulfide) groups is 1. The van der Waals surface area contributed by atoms with E-state index in [1.54, 1.807) is 12.0 Å². The maximum absolute atomic E-state index is 12.9. The molecule has 146 valence electrons. The van der Waals surface area contributed by atoms with Gasteiger partial charge in [-0.05, 0) is 65.2 Å². The summed E-state index contributed by atoms with van der Waals surface area (Å²) >= 11 is 10.3. The lowest BCUT2D eigenvalue weighted by atomic mass is 10.1. The summed E-state index contributed by atoms with van der Waals surface area (Å²) in [5.74, 6) is 1.14. The Labute approximate surface area is 183 Å². The third kappa shape index (κ3) is 4.42. The molecule has 2 aromatic rings. The first-order valence-corrected chi connectivity index (χ1v) is 10.8. The third-order valence-corrected chi connectivity index (χ3v) is 6.14. The average molecular weight is 478 g/mol. The van der Waals surface area contributed by atoms with Gasteiger partial charge in [-0.25, -0.2) is 0 Å². The van der Waals surface area contributed by atoms with Crippen molar-refractivity contribution in [3.05, 3.63) is 57.4 Å². The van der Waals surface area contributed by atoms with Gasteiger partial charge in [0.25, 0.3) is 5.91 Å². The highest BCUT2D eigenvalue weighted by molar-refractivity contribution is 9.10. The van der Waals surface area contributed by atoms with Crippen LogP contribution in [0.5, 0.6) is 11.5 Å². The summed E-state index contributed by atoms with van der Waals surface area (Å²) in [7, 11) is 1.60. The molecule has 3 rings (SSSR count). The zero-order valence-corrected chi connectivity index (χ0v) is 19.0. The van der Waals surface area contributed by atoms with Gasteiger partial charge >= 0.3 is 0 Å². The summed E-state index contributed by atoms with van der Waals surface area (Å²) in [6.07, 6.45) is 2.78. The van der Waals surface area contributed by atoms with Gasteiger partial charge in [0.05, 0.1) is 28.3 Å². The number of amides is 1. The Morgan fingerprint density at radius 1 is 1.29 bits per heavy atom. The van der Waals surface area contributed by atoms with Crippen molar-refractivity contribution in [3.63, 3.8) is 0 Å². The van der Waals surface area contributed by atoms with Crippen molar-refractivity contribution in [1.29, 1.82) is 0 Å². The predicted octanol–water partition coefficient (Wildman–Crippen LogP) is 6.04. The van der Waals surface area contributed by atoms with Gasteiger partial charge in [-0.15, -0.1) is 0 Å². The summed E-state index contributed by atoms with van der Waals surface area (Å²) in [5.41, 5.74) is 1.60. The summed E-state index contributed by atoms with van der Waals surface area (Å²) in [5, 5.41) is 0. The second kappa shape index (κ2) is 9.11. The monoisotopic (exact) mass is 477 g/mol. The Bertz CT molecular complexity index is 931. The van der Waals surface area contributed by atoms with Crippen molar-refractivity contribution in [1.82, 2.24) is 0 Å². The summed E-state index contributed by atoms with van der Waals surface area (Å²) < 4.78 is 12.8. The van der Waals surface area contributed by atoms with Crippen molar-refractivity contribution < 1.29 is 14.3 Å². The van der Waals surface area contributed by atoms with Crippen LogP contribution >= 0.6 is 39.9 Å². The van der Waals surface area contributed by atoms with E-state index in [-0.39, 0.29) is 12.0 Å². The zero-order valence-electron chi connectivity index (χ0n) is 15.8. The molecule has 0 aromatic heterocycles. The number of rotatable bonds is 6. The first-order valence-electron chi connectivity index (χ1n) is 8.81. The highest BCUT2D eigenvalue weighted by Gasteiger charge is 2.33. The van der Waals surface area contributed by atoms with E-state index in [1.807, 2.05) is 55.5 Å². The van der Waals surface area contributed by atoms with Gasteiger partial charge < -0.3 is 9.47 Å². The first kappa shape index (κ1) is 20.9. The molecular formula is C21H20BrNO3S2. The van der Waals surface area contributed by atoms with Crippen LogP contribution in [0.25, 0.3) is 6.08 Å². The topological polar surface area (TPSA) is 38.8 Å². The minimum absolute atomic E-state index is 0.0678. The van der Waals surface area contributed by atoms with Gasteiger partial charge in [-0.3, -0.25) is 9.69 Å².